The van der Waals surface area contributed by atoms with Gasteiger partial charge in [0.05, 0.1) is 6.61 Å². The number of nitrogens with two attached hydrogens (primary N) is 1. The number of ether oxygens (including phenoxy) is 4. The summed E-state index contributed by atoms with van der Waals surface area (Å²) in [6.07, 6.45) is -0.0672. The van der Waals surface area contributed by atoms with E-state index in [0.29, 0.717) is 6.61 Å². The summed E-state index contributed by atoms with van der Waals surface area (Å²) in [6.45, 7) is 4.01. The van der Waals surface area contributed by atoms with Gasteiger partial charge in [0, 0.05) is 13.3 Å². The van der Waals surface area contributed by atoms with E-state index in [9.17, 15) is 4.79 Å². The lowest BCUT2D eigenvalue weighted by Gasteiger charge is -2.24. The number of hydrogen-bond acceptors (Lipinski definition) is 7. The number of fused-ring (bicyclic) bond motifs is 1. The number of nitrogen functional groups attached to an aromatic ring is 1. The third kappa shape index (κ3) is 2.55. The van der Waals surface area contributed by atoms with Crippen LogP contribution >= 0.6 is 0 Å². The van der Waals surface area contributed by atoms with Crippen molar-refractivity contribution in [2.24, 2.45) is 0 Å². The van der Waals surface area contributed by atoms with Gasteiger partial charge in [0.15, 0.2) is 12.0 Å². The zero-order chi connectivity index (χ0) is 15.2. The first-order valence-electron chi connectivity index (χ1n) is 6.76. The molecular weight excluding hydrogens is 278 g/mol. The highest BCUT2D eigenvalue weighted by atomic mass is 16.8. The van der Waals surface area contributed by atoms with Crippen LogP contribution in [0.2, 0.25) is 0 Å². The van der Waals surface area contributed by atoms with E-state index in [4.69, 9.17) is 24.7 Å². The third-order valence-corrected chi connectivity index (χ3v) is 3.58. The fraction of sp³-hybridized carbons (Fsp3) is 0.692. The van der Waals surface area contributed by atoms with Crippen LogP contribution in [0, 0.1) is 0 Å². The van der Waals surface area contributed by atoms with Gasteiger partial charge in [-0.05, 0) is 19.9 Å². The molecule has 3 heterocycles. The van der Waals surface area contributed by atoms with Crippen LogP contribution in [-0.2, 0) is 18.9 Å². The number of rotatable bonds is 3. The molecule has 0 aromatic carbocycles. The Morgan fingerprint density at radius 3 is 2.81 bits per heavy atom. The van der Waals surface area contributed by atoms with Gasteiger partial charge in [-0.3, -0.25) is 4.57 Å². The maximum absolute atomic E-state index is 12.0. The largest absolute Gasteiger partial charge is 0.383 e. The van der Waals surface area contributed by atoms with Gasteiger partial charge < -0.3 is 24.7 Å². The minimum atomic E-state index is -0.728. The fourth-order valence-corrected chi connectivity index (χ4v) is 2.80. The summed E-state index contributed by atoms with van der Waals surface area (Å²) in [5, 5.41) is 0. The summed E-state index contributed by atoms with van der Waals surface area (Å²) in [7, 11) is 1.59. The Labute approximate surface area is 121 Å². The van der Waals surface area contributed by atoms with Crippen LogP contribution in [0.3, 0.4) is 0 Å². The summed E-state index contributed by atoms with van der Waals surface area (Å²) >= 11 is 0. The molecule has 0 saturated carbocycles. The van der Waals surface area contributed by atoms with Gasteiger partial charge in [-0.15, -0.1) is 0 Å². The molecule has 3 rings (SSSR count). The summed E-state index contributed by atoms with van der Waals surface area (Å²) in [5.41, 5.74) is 5.03. The Morgan fingerprint density at radius 2 is 2.14 bits per heavy atom. The van der Waals surface area contributed by atoms with Crippen LogP contribution in [0.5, 0.6) is 0 Å². The van der Waals surface area contributed by atoms with Crippen molar-refractivity contribution >= 4 is 5.82 Å². The maximum atomic E-state index is 12.0. The molecule has 1 aromatic heterocycles. The van der Waals surface area contributed by atoms with Crippen LogP contribution < -0.4 is 11.4 Å². The summed E-state index contributed by atoms with van der Waals surface area (Å²) in [6, 6.07) is 1.55. The van der Waals surface area contributed by atoms with Crippen molar-refractivity contribution in [1.29, 1.82) is 0 Å². The molecule has 0 radical (unpaired) electrons. The SMILES string of the molecule is COC[C@H]1O[C@@H](n2ccc(N)nc2=O)[C@@H]2OC(C)(C)O[C@@H]21. The average molecular weight is 297 g/mol. The lowest BCUT2D eigenvalue weighted by molar-refractivity contribution is -0.201. The van der Waals surface area contributed by atoms with Gasteiger partial charge >= 0.3 is 5.69 Å². The molecule has 0 bridgehead atoms. The van der Waals surface area contributed by atoms with E-state index in [1.807, 2.05) is 13.8 Å². The number of anilines is 1. The molecule has 8 heteroatoms. The quantitative estimate of drug-likeness (QED) is 0.831. The second kappa shape index (κ2) is 5.06. The molecule has 116 valence electrons. The maximum Gasteiger partial charge on any atom is 0.351 e. The molecule has 0 spiro atoms. The highest BCUT2D eigenvalue weighted by Crippen LogP contribution is 2.42. The van der Waals surface area contributed by atoms with Crippen LogP contribution in [0.4, 0.5) is 5.82 Å². The van der Waals surface area contributed by atoms with Crippen molar-refractivity contribution < 1.29 is 18.9 Å². The van der Waals surface area contributed by atoms with Crippen molar-refractivity contribution in [3.05, 3.63) is 22.7 Å². The van der Waals surface area contributed by atoms with E-state index in [-0.39, 0.29) is 18.0 Å². The Kier molecular flexibility index (Phi) is 3.48. The molecular formula is C13H19N3O5. The summed E-state index contributed by atoms with van der Waals surface area (Å²) in [4.78, 5) is 15.7. The molecule has 8 nitrogen and oxygen atoms in total. The highest BCUT2D eigenvalue weighted by molar-refractivity contribution is 5.23. The monoisotopic (exact) mass is 297 g/mol. The Morgan fingerprint density at radius 1 is 1.43 bits per heavy atom. The zero-order valence-electron chi connectivity index (χ0n) is 12.2. The normalized spacial score (nSPS) is 34.0. The smallest absolute Gasteiger partial charge is 0.351 e. The predicted octanol–water partition coefficient (Wildman–Crippen LogP) is -0.111. The molecule has 0 aliphatic carbocycles. The highest BCUT2D eigenvalue weighted by Gasteiger charge is 2.56. The van der Waals surface area contributed by atoms with Crippen molar-refractivity contribution in [2.75, 3.05) is 19.5 Å². The molecule has 4 atom stereocenters. The van der Waals surface area contributed by atoms with Gasteiger partial charge in [0.1, 0.15) is 24.1 Å². The van der Waals surface area contributed by atoms with E-state index < -0.39 is 23.8 Å². The van der Waals surface area contributed by atoms with Crippen LogP contribution in [0.1, 0.15) is 20.1 Å². The molecule has 0 unspecified atom stereocenters. The van der Waals surface area contributed by atoms with E-state index >= 15 is 0 Å². The van der Waals surface area contributed by atoms with Gasteiger partial charge in [0.25, 0.3) is 0 Å². The average Bonchev–Trinajstić information content (AvgIpc) is 2.85. The Bertz CT molecular complexity index is 587. The summed E-state index contributed by atoms with van der Waals surface area (Å²) in [5.74, 6) is -0.558. The van der Waals surface area contributed by atoms with E-state index in [2.05, 4.69) is 4.98 Å². The van der Waals surface area contributed by atoms with Crippen LogP contribution in [0.25, 0.3) is 0 Å². The molecule has 2 aliphatic rings. The first-order chi connectivity index (χ1) is 9.91. The van der Waals surface area contributed by atoms with Crippen molar-refractivity contribution in [1.82, 2.24) is 9.55 Å². The van der Waals surface area contributed by atoms with Crippen molar-refractivity contribution in [3.63, 3.8) is 0 Å². The van der Waals surface area contributed by atoms with Crippen molar-refractivity contribution in [3.8, 4) is 0 Å². The van der Waals surface area contributed by atoms with Gasteiger partial charge in [0.2, 0.25) is 0 Å². The third-order valence-electron chi connectivity index (χ3n) is 3.58. The van der Waals surface area contributed by atoms with Crippen LogP contribution in [-0.4, -0.2) is 47.4 Å². The lowest BCUT2D eigenvalue weighted by atomic mass is 10.1. The van der Waals surface area contributed by atoms with E-state index in [1.54, 1.807) is 19.4 Å². The molecule has 2 saturated heterocycles. The minimum absolute atomic E-state index is 0.170. The second-order valence-corrected chi connectivity index (χ2v) is 5.63. The number of hydrogen-bond donors (Lipinski definition) is 1. The molecule has 2 aliphatic heterocycles. The topological polar surface area (TPSA) is 97.8 Å². The molecule has 1 aromatic rings. The molecule has 21 heavy (non-hydrogen) atoms. The standard InChI is InChI=1S/C13H19N3O5/c1-13(2)20-9-7(6-18-3)19-11(10(9)21-13)16-5-4-8(14)15-12(16)17/h4-5,7,9-11H,6H2,1-3H3,(H2,14,15,17)/t7-,9-,10-,11-/m1/s1. The van der Waals surface area contributed by atoms with E-state index in [1.165, 1.54) is 4.57 Å². The molecule has 0 amide bonds. The van der Waals surface area contributed by atoms with Gasteiger partial charge in [-0.25, -0.2) is 4.79 Å². The fourth-order valence-electron chi connectivity index (χ4n) is 2.80. The number of methoxy groups -OCH3 is 1. The van der Waals surface area contributed by atoms with Gasteiger partial charge in [-0.2, -0.15) is 4.98 Å². The molecule has 2 fully saturated rings. The molecule has 2 N–H and O–H groups in total. The predicted molar refractivity (Wildman–Crippen MR) is 72.5 cm³/mol. The lowest BCUT2D eigenvalue weighted by Crippen LogP contribution is -2.35. The minimum Gasteiger partial charge on any atom is -0.383 e. The number of nitrogens with zero attached hydrogens (tertiary/aromatic N) is 2. The first kappa shape index (κ1) is 14.5. The van der Waals surface area contributed by atoms with Gasteiger partial charge in [-0.1, -0.05) is 0 Å². The van der Waals surface area contributed by atoms with E-state index in [0.717, 1.165) is 0 Å². The summed E-state index contributed by atoms with van der Waals surface area (Å²) < 4.78 is 24.1. The Balaban J connectivity index is 1.93. The Hall–Kier alpha value is -1.48. The van der Waals surface area contributed by atoms with Crippen molar-refractivity contribution in [2.45, 2.75) is 44.2 Å². The second-order valence-electron chi connectivity index (χ2n) is 5.63. The number of aromatic nitrogens is 2. The zero-order valence-corrected chi connectivity index (χ0v) is 12.2. The van der Waals surface area contributed by atoms with Crippen LogP contribution in [0.15, 0.2) is 17.1 Å². The first-order valence-corrected chi connectivity index (χ1v) is 6.76.